The molecule has 3 heterocycles. The van der Waals surface area contributed by atoms with Crippen molar-refractivity contribution in [3.63, 3.8) is 0 Å². The van der Waals surface area contributed by atoms with E-state index in [0.29, 0.717) is 11.0 Å². The highest BCUT2D eigenvalue weighted by Gasteiger charge is 2.38. The standard InChI is InChI=1S/C19H16N6O3S/c1-25-9-22-15(17(25)29-18-20-7-12(26)8-21-18)11-4-2-10(3-5-11)13-6-14(13)16-23-24-19(27)28-16/h2-5,7-9,13,23,26H,6H2,1H3,(H,24,27)/b16-14-/t13-/m1/s1. The number of hydrogen-bond acceptors (Lipinski definition) is 8. The van der Waals surface area contributed by atoms with Crippen molar-refractivity contribution in [3.05, 3.63) is 60.0 Å². The van der Waals surface area contributed by atoms with Crippen LogP contribution in [0.3, 0.4) is 0 Å². The Hall–Kier alpha value is -3.53. The van der Waals surface area contributed by atoms with E-state index in [-0.39, 0.29) is 11.7 Å². The van der Waals surface area contributed by atoms with Crippen LogP contribution in [-0.2, 0) is 11.8 Å². The minimum absolute atomic E-state index is 0.0305. The molecule has 5 rings (SSSR count). The minimum Gasteiger partial charge on any atom is -0.505 e. The second kappa shape index (κ2) is 6.82. The zero-order chi connectivity index (χ0) is 20.0. The number of hydrazine groups is 1. The molecule has 3 N–H and O–H groups in total. The molecule has 2 aliphatic rings. The SMILES string of the molecule is Cn1cnc(-c2ccc([C@H]3C/C3=C3\NNC(=O)O3)cc2)c1Sc1ncc(O)cn1. The summed E-state index contributed by atoms with van der Waals surface area (Å²) in [6, 6.07) is 8.20. The van der Waals surface area contributed by atoms with Gasteiger partial charge in [-0.2, -0.15) is 0 Å². The normalized spacial score (nSPS) is 20.2. The number of cyclic esters (lactones) is 1. The Bertz CT molecular complexity index is 1120. The van der Waals surface area contributed by atoms with Gasteiger partial charge in [-0.1, -0.05) is 24.3 Å². The van der Waals surface area contributed by atoms with Gasteiger partial charge < -0.3 is 14.4 Å². The molecule has 29 heavy (non-hydrogen) atoms. The number of aromatic nitrogens is 4. The lowest BCUT2D eigenvalue weighted by molar-refractivity contribution is 0.194. The van der Waals surface area contributed by atoms with E-state index >= 15 is 0 Å². The number of nitrogens with zero attached hydrogens (tertiary/aromatic N) is 4. The number of carbonyl (C=O) groups is 1. The second-order valence-corrected chi connectivity index (χ2v) is 7.66. The van der Waals surface area contributed by atoms with E-state index in [9.17, 15) is 9.90 Å². The zero-order valence-electron chi connectivity index (χ0n) is 15.3. The predicted molar refractivity (Wildman–Crippen MR) is 104 cm³/mol. The van der Waals surface area contributed by atoms with Crippen LogP contribution in [0.15, 0.2) is 64.6 Å². The molecule has 1 aliphatic carbocycles. The van der Waals surface area contributed by atoms with Gasteiger partial charge in [-0.15, -0.1) is 0 Å². The van der Waals surface area contributed by atoms with Crippen molar-refractivity contribution in [2.45, 2.75) is 22.5 Å². The molecule has 0 spiro atoms. The molecular formula is C19H16N6O3S. The highest BCUT2D eigenvalue weighted by molar-refractivity contribution is 7.99. The first-order valence-corrected chi connectivity index (χ1v) is 9.67. The topological polar surface area (TPSA) is 114 Å². The number of aryl methyl sites for hydroxylation is 1. The minimum atomic E-state index is -0.480. The number of nitrogens with one attached hydrogen (secondary N) is 2. The molecule has 1 aliphatic heterocycles. The molecule has 1 atom stereocenters. The van der Waals surface area contributed by atoms with Gasteiger partial charge in [-0.05, 0) is 23.7 Å². The number of rotatable bonds is 4. The van der Waals surface area contributed by atoms with E-state index in [1.165, 1.54) is 24.2 Å². The quantitative estimate of drug-likeness (QED) is 0.565. The zero-order valence-corrected chi connectivity index (χ0v) is 16.1. The number of carbonyl (C=O) groups excluding carboxylic acids is 1. The maximum absolute atomic E-state index is 11.1. The molecule has 9 nitrogen and oxygen atoms in total. The monoisotopic (exact) mass is 408 g/mol. The summed E-state index contributed by atoms with van der Waals surface area (Å²) in [5.74, 6) is 0.798. The van der Waals surface area contributed by atoms with Crippen LogP contribution >= 0.6 is 11.8 Å². The van der Waals surface area contributed by atoms with Crippen LogP contribution in [0.4, 0.5) is 4.79 Å². The highest BCUT2D eigenvalue weighted by Crippen LogP contribution is 2.49. The van der Waals surface area contributed by atoms with Crippen molar-refractivity contribution in [2.75, 3.05) is 0 Å². The third-order valence-electron chi connectivity index (χ3n) is 4.72. The molecular weight excluding hydrogens is 392 g/mol. The van der Waals surface area contributed by atoms with Crippen LogP contribution < -0.4 is 10.9 Å². The van der Waals surface area contributed by atoms with Gasteiger partial charge in [0, 0.05) is 24.1 Å². The van der Waals surface area contributed by atoms with Crippen LogP contribution in [0.1, 0.15) is 17.9 Å². The summed E-state index contributed by atoms with van der Waals surface area (Å²) in [7, 11) is 1.92. The van der Waals surface area contributed by atoms with E-state index in [4.69, 9.17) is 4.74 Å². The lowest BCUT2D eigenvalue weighted by Crippen LogP contribution is -2.24. The van der Waals surface area contributed by atoms with Crippen molar-refractivity contribution in [1.82, 2.24) is 30.4 Å². The van der Waals surface area contributed by atoms with Gasteiger partial charge in [0.15, 0.2) is 10.9 Å². The third kappa shape index (κ3) is 3.38. The molecule has 10 heteroatoms. The van der Waals surface area contributed by atoms with E-state index in [0.717, 1.165) is 33.8 Å². The Morgan fingerprint density at radius 2 is 1.93 bits per heavy atom. The number of amides is 1. The van der Waals surface area contributed by atoms with Gasteiger partial charge in [0.2, 0.25) is 5.88 Å². The summed E-state index contributed by atoms with van der Waals surface area (Å²) in [4.78, 5) is 23.9. The van der Waals surface area contributed by atoms with Crippen LogP contribution in [-0.4, -0.2) is 30.7 Å². The average Bonchev–Trinajstić information content (AvgIpc) is 3.28. The van der Waals surface area contributed by atoms with Crippen molar-refractivity contribution < 1.29 is 14.6 Å². The lowest BCUT2D eigenvalue weighted by atomic mass is 10.1. The second-order valence-electron chi connectivity index (χ2n) is 6.71. The van der Waals surface area contributed by atoms with Crippen molar-refractivity contribution >= 4 is 17.9 Å². The summed E-state index contributed by atoms with van der Waals surface area (Å²) >= 11 is 1.39. The molecule has 3 aromatic rings. The molecule has 1 saturated carbocycles. The fourth-order valence-corrected chi connectivity index (χ4v) is 4.03. The average molecular weight is 408 g/mol. The summed E-state index contributed by atoms with van der Waals surface area (Å²) in [6.45, 7) is 0. The fraction of sp³-hybridized carbons (Fsp3) is 0.158. The summed E-state index contributed by atoms with van der Waals surface area (Å²) in [5, 5.41) is 10.8. The first-order valence-electron chi connectivity index (χ1n) is 8.86. The van der Waals surface area contributed by atoms with Crippen LogP contribution in [0, 0.1) is 0 Å². The van der Waals surface area contributed by atoms with Gasteiger partial charge in [0.05, 0.1) is 18.7 Å². The summed E-state index contributed by atoms with van der Waals surface area (Å²) < 4.78 is 7.01. The maximum Gasteiger partial charge on any atom is 0.432 e. The molecule has 2 fully saturated rings. The molecule has 0 bridgehead atoms. The van der Waals surface area contributed by atoms with Gasteiger partial charge in [-0.3, -0.25) is 5.43 Å². The van der Waals surface area contributed by atoms with Gasteiger partial charge in [-0.25, -0.2) is 25.2 Å². The Morgan fingerprint density at radius 1 is 1.17 bits per heavy atom. The highest BCUT2D eigenvalue weighted by atomic mass is 32.2. The molecule has 146 valence electrons. The molecule has 0 radical (unpaired) electrons. The first-order chi connectivity index (χ1) is 14.1. The predicted octanol–water partition coefficient (Wildman–Crippen LogP) is 2.68. The van der Waals surface area contributed by atoms with Gasteiger partial charge in [0.1, 0.15) is 10.7 Å². The van der Waals surface area contributed by atoms with Crippen LogP contribution in [0.2, 0.25) is 0 Å². The number of allylic oxidation sites excluding steroid dienone is 1. The van der Waals surface area contributed by atoms with Crippen molar-refractivity contribution in [1.29, 1.82) is 0 Å². The van der Waals surface area contributed by atoms with Crippen LogP contribution in [0.25, 0.3) is 11.3 Å². The van der Waals surface area contributed by atoms with E-state index in [2.05, 4.69) is 37.9 Å². The molecule has 1 aromatic carbocycles. The molecule has 1 saturated heterocycles. The maximum atomic E-state index is 11.1. The number of hydrogen-bond donors (Lipinski definition) is 3. The fourth-order valence-electron chi connectivity index (χ4n) is 3.19. The molecule has 0 unspecified atom stereocenters. The molecule has 2 aromatic heterocycles. The number of benzene rings is 1. The van der Waals surface area contributed by atoms with Crippen LogP contribution in [0.5, 0.6) is 5.75 Å². The Kier molecular flexibility index (Phi) is 4.13. The third-order valence-corrected chi connectivity index (χ3v) is 5.79. The van der Waals surface area contributed by atoms with Crippen molar-refractivity contribution in [3.8, 4) is 17.0 Å². The van der Waals surface area contributed by atoms with Crippen molar-refractivity contribution in [2.24, 2.45) is 7.05 Å². The summed E-state index contributed by atoms with van der Waals surface area (Å²) in [6.07, 6.45) is 4.87. The lowest BCUT2D eigenvalue weighted by Gasteiger charge is -2.06. The number of ether oxygens (including phenoxy) is 1. The number of imidazole rings is 1. The van der Waals surface area contributed by atoms with Gasteiger partial charge in [0.25, 0.3) is 0 Å². The number of aromatic hydroxyl groups is 1. The largest absolute Gasteiger partial charge is 0.505 e. The summed E-state index contributed by atoms with van der Waals surface area (Å²) in [5.41, 5.74) is 9.24. The molecule has 1 amide bonds. The van der Waals surface area contributed by atoms with E-state index < -0.39 is 6.09 Å². The van der Waals surface area contributed by atoms with E-state index in [1.54, 1.807) is 6.33 Å². The van der Waals surface area contributed by atoms with Gasteiger partial charge >= 0.3 is 6.09 Å². The van der Waals surface area contributed by atoms with E-state index in [1.807, 2.05) is 23.7 Å². The Morgan fingerprint density at radius 3 is 2.62 bits per heavy atom. The Labute approximate surface area is 169 Å². The first kappa shape index (κ1) is 17.6. The Balaban J connectivity index is 1.37. The smallest absolute Gasteiger partial charge is 0.432 e.